The second-order valence-corrected chi connectivity index (χ2v) is 6.22. The second kappa shape index (κ2) is 7.23. The summed E-state index contributed by atoms with van der Waals surface area (Å²) >= 11 is 0. The molecule has 0 saturated heterocycles. The molecule has 2 aromatic carbocycles. The molecule has 1 aliphatic carbocycles. The first-order valence-corrected chi connectivity index (χ1v) is 8.61. The van der Waals surface area contributed by atoms with Crippen LogP contribution in [0.4, 0.5) is 13.2 Å². The lowest BCUT2D eigenvalue weighted by molar-refractivity contribution is -0.246. The highest BCUT2D eigenvalue weighted by molar-refractivity contribution is 5.81. The van der Waals surface area contributed by atoms with Crippen molar-refractivity contribution in [1.82, 2.24) is 0 Å². The van der Waals surface area contributed by atoms with E-state index in [0.717, 1.165) is 0 Å². The molecule has 144 valence electrons. The Kier molecular flexibility index (Phi) is 5.15. The summed E-state index contributed by atoms with van der Waals surface area (Å²) in [5.41, 5.74) is -2.85. The highest BCUT2D eigenvalue weighted by Gasteiger charge is 2.60. The summed E-state index contributed by atoms with van der Waals surface area (Å²) in [6.07, 6.45) is -4.34. The molecule has 1 atom stereocenters. The van der Waals surface area contributed by atoms with Crippen molar-refractivity contribution in [2.24, 2.45) is 0 Å². The monoisotopic (exact) mass is 380 g/mol. The third-order valence-corrected chi connectivity index (χ3v) is 4.50. The summed E-state index contributed by atoms with van der Waals surface area (Å²) in [6.45, 7) is 2.15. The van der Waals surface area contributed by atoms with E-state index < -0.39 is 11.8 Å². The van der Waals surface area contributed by atoms with E-state index in [1.807, 2.05) is 0 Å². The maximum atomic E-state index is 13.8. The number of rotatable bonds is 6. The molecule has 0 bridgehead atoms. The molecule has 0 aliphatic heterocycles. The van der Waals surface area contributed by atoms with Gasteiger partial charge in [0, 0.05) is 17.5 Å². The van der Waals surface area contributed by atoms with Crippen LogP contribution in [0.5, 0.6) is 5.75 Å². The molecule has 4 nitrogen and oxygen atoms in total. The molecule has 0 radical (unpaired) electrons. The van der Waals surface area contributed by atoms with Gasteiger partial charge in [0.25, 0.3) is 0 Å². The van der Waals surface area contributed by atoms with Gasteiger partial charge in [-0.15, -0.1) is 0 Å². The fourth-order valence-electron chi connectivity index (χ4n) is 3.27. The van der Waals surface area contributed by atoms with E-state index in [0.29, 0.717) is 24.2 Å². The topological polar surface area (TPSA) is 55.8 Å². The van der Waals surface area contributed by atoms with Gasteiger partial charge < -0.3 is 14.6 Å². The van der Waals surface area contributed by atoms with Crippen LogP contribution in [-0.4, -0.2) is 30.5 Å². The lowest BCUT2D eigenvalue weighted by atomic mass is 9.91. The van der Waals surface area contributed by atoms with Crippen molar-refractivity contribution < 1.29 is 32.5 Å². The predicted octanol–water partition coefficient (Wildman–Crippen LogP) is 4.19. The first-order chi connectivity index (χ1) is 12.8. The molecule has 7 heteroatoms. The van der Waals surface area contributed by atoms with Crippen molar-refractivity contribution in [1.29, 1.82) is 0 Å². The molecule has 0 unspecified atom stereocenters. The Balaban J connectivity index is 1.83. The summed E-state index contributed by atoms with van der Waals surface area (Å²) in [5, 5.41) is 10.6. The molecule has 0 amide bonds. The number of ether oxygens (including phenoxy) is 2. The molecule has 0 saturated carbocycles. The number of benzene rings is 2. The molecular weight excluding hydrogens is 361 g/mol. The zero-order valence-electron chi connectivity index (χ0n) is 14.7. The molecule has 0 spiro atoms. The van der Waals surface area contributed by atoms with E-state index in [-0.39, 0.29) is 35.9 Å². The molecule has 0 fully saturated rings. The molecule has 27 heavy (non-hydrogen) atoms. The summed E-state index contributed by atoms with van der Waals surface area (Å²) in [7, 11) is 0. The number of hydrogen-bond donors (Lipinski definition) is 1. The van der Waals surface area contributed by atoms with Gasteiger partial charge in [-0.05, 0) is 36.6 Å². The SMILES string of the molecule is CCOC(=O)CCCOc1ccc2c(c1)[C@](O)(C(F)(F)F)c1ccccc1-2. The van der Waals surface area contributed by atoms with Gasteiger partial charge in [0.2, 0.25) is 5.60 Å². The van der Waals surface area contributed by atoms with Crippen LogP contribution in [-0.2, 0) is 15.1 Å². The standard InChI is InChI=1S/C20H19F3O4/c1-2-26-18(24)8-5-11-27-13-9-10-15-14-6-3-4-7-16(14)19(25,17(15)12-13)20(21,22)23/h3-4,6-7,9-10,12,25H,2,5,8,11H2,1H3/t19-/m0/s1. The Morgan fingerprint density at radius 3 is 2.52 bits per heavy atom. The molecule has 0 heterocycles. The number of hydrogen-bond acceptors (Lipinski definition) is 4. The number of halogens is 3. The van der Waals surface area contributed by atoms with Crippen LogP contribution in [0.1, 0.15) is 30.9 Å². The van der Waals surface area contributed by atoms with Crippen LogP contribution >= 0.6 is 0 Å². The van der Waals surface area contributed by atoms with Gasteiger partial charge in [0.15, 0.2) is 0 Å². The fraction of sp³-hybridized carbons (Fsp3) is 0.350. The highest BCUT2D eigenvalue weighted by atomic mass is 19.4. The van der Waals surface area contributed by atoms with E-state index >= 15 is 0 Å². The number of fused-ring (bicyclic) bond motifs is 3. The van der Waals surface area contributed by atoms with Crippen LogP contribution in [0.2, 0.25) is 0 Å². The summed E-state index contributed by atoms with van der Waals surface area (Å²) < 4.78 is 51.6. The maximum Gasteiger partial charge on any atom is 0.425 e. The lowest BCUT2D eigenvalue weighted by Crippen LogP contribution is -2.41. The van der Waals surface area contributed by atoms with Crippen LogP contribution in [0.25, 0.3) is 11.1 Å². The molecule has 3 rings (SSSR count). The van der Waals surface area contributed by atoms with Gasteiger partial charge in [0.05, 0.1) is 13.2 Å². The smallest absolute Gasteiger partial charge is 0.425 e. The Labute approximate surface area is 154 Å². The number of esters is 1. The Morgan fingerprint density at radius 2 is 1.81 bits per heavy atom. The first-order valence-electron chi connectivity index (χ1n) is 8.61. The van der Waals surface area contributed by atoms with Crippen molar-refractivity contribution in [3.05, 3.63) is 53.6 Å². The van der Waals surface area contributed by atoms with E-state index in [9.17, 15) is 23.1 Å². The van der Waals surface area contributed by atoms with E-state index in [2.05, 4.69) is 0 Å². The Morgan fingerprint density at radius 1 is 1.11 bits per heavy atom. The normalized spacial score (nSPS) is 18.0. The third kappa shape index (κ3) is 3.39. The van der Waals surface area contributed by atoms with Crippen molar-refractivity contribution >= 4 is 5.97 Å². The van der Waals surface area contributed by atoms with Gasteiger partial charge in [-0.25, -0.2) is 0 Å². The zero-order valence-corrected chi connectivity index (χ0v) is 14.7. The second-order valence-electron chi connectivity index (χ2n) is 6.22. The zero-order chi connectivity index (χ0) is 19.7. The number of carbonyl (C=O) groups is 1. The number of aliphatic hydroxyl groups is 1. The van der Waals surface area contributed by atoms with E-state index in [1.54, 1.807) is 25.1 Å². The van der Waals surface area contributed by atoms with Crippen LogP contribution in [0.3, 0.4) is 0 Å². The Hall–Kier alpha value is -2.54. The summed E-state index contributed by atoms with van der Waals surface area (Å²) in [4.78, 5) is 11.3. The fourth-order valence-corrected chi connectivity index (χ4v) is 3.27. The van der Waals surface area contributed by atoms with Gasteiger partial charge >= 0.3 is 12.1 Å². The van der Waals surface area contributed by atoms with Gasteiger partial charge in [-0.2, -0.15) is 13.2 Å². The lowest BCUT2D eigenvalue weighted by Gasteiger charge is -2.28. The maximum absolute atomic E-state index is 13.8. The molecule has 1 N–H and O–H groups in total. The van der Waals surface area contributed by atoms with Gasteiger partial charge in [-0.3, -0.25) is 4.79 Å². The van der Waals surface area contributed by atoms with Crippen LogP contribution < -0.4 is 4.74 Å². The minimum absolute atomic E-state index is 0.148. The molecular formula is C20H19F3O4. The van der Waals surface area contributed by atoms with Crippen molar-refractivity contribution in [3.8, 4) is 16.9 Å². The first kappa shape index (κ1) is 19.2. The van der Waals surface area contributed by atoms with Crippen LogP contribution in [0, 0.1) is 0 Å². The highest BCUT2D eigenvalue weighted by Crippen LogP contribution is 2.55. The summed E-state index contributed by atoms with van der Waals surface area (Å²) in [6, 6.07) is 10.2. The van der Waals surface area contributed by atoms with Crippen molar-refractivity contribution in [2.75, 3.05) is 13.2 Å². The third-order valence-electron chi connectivity index (χ3n) is 4.50. The average Bonchev–Trinajstić information content (AvgIpc) is 2.89. The van der Waals surface area contributed by atoms with Gasteiger partial charge in [-0.1, -0.05) is 30.3 Å². The van der Waals surface area contributed by atoms with Crippen molar-refractivity contribution in [2.45, 2.75) is 31.5 Å². The molecule has 2 aromatic rings. The predicted molar refractivity (Wildman–Crippen MR) is 92.3 cm³/mol. The summed E-state index contributed by atoms with van der Waals surface area (Å²) in [5.74, 6) is -0.148. The molecule has 1 aliphatic rings. The van der Waals surface area contributed by atoms with Crippen LogP contribution in [0.15, 0.2) is 42.5 Å². The number of carbonyl (C=O) groups excluding carboxylic acids is 1. The average molecular weight is 380 g/mol. The van der Waals surface area contributed by atoms with E-state index in [1.165, 1.54) is 24.3 Å². The minimum atomic E-state index is -4.88. The van der Waals surface area contributed by atoms with E-state index in [4.69, 9.17) is 9.47 Å². The van der Waals surface area contributed by atoms with Crippen molar-refractivity contribution in [3.63, 3.8) is 0 Å². The number of alkyl halides is 3. The Bertz CT molecular complexity index is 847. The quantitative estimate of drug-likeness (QED) is 0.603. The largest absolute Gasteiger partial charge is 0.494 e. The minimum Gasteiger partial charge on any atom is -0.494 e. The molecule has 0 aromatic heterocycles. The van der Waals surface area contributed by atoms with Gasteiger partial charge in [0.1, 0.15) is 5.75 Å².